The minimum Gasteiger partial charge on any atom is -0.493 e. The summed E-state index contributed by atoms with van der Waals surface area (Å²) >= 11 is 0. The number of nitrogens with one attached hydrogen (secondary N) is 1. The molecule has 1 heterocycles. The minimum absolute atomic E-state index is 0.227. The van der Waals surface area contributed by atoms with E-state index in [1.807, 2.05) is 12.1 Å². The van der Waals surface area contributed by atoms with Gasteiger partial charge in [-0.2, -0.15) is 0 Å². The van der Waals surface area contributed by atoms with E-state index in [0.717, 1.165) is 50.5 Å². The molecule has 112 valence electrons. The van der Waals surface area contributed by atoms with Crippen LogP contribution in [0.3, 0.4) is 0 Å². The third-order valence-corrected chi connectivity index (χ3v) is 3.43. The molecule has 1 aromatic carbocycles. The maximum absolute atomic E-state index is 5.82. The van der Waals surface area contributed by atoms with Crippen LogP contribution in [0.4, 0.5) is 0 Å². The van der Waals surface area contributed by atoms with Crippen molar-refractivity contribution in [2.75, 3.05) is 26.9 Å². The summed E-state index contributed by atoms with van der Waals surface area (Å²) in [4.78, 5) is 0. The Bertz CT molecular complexity index is 403. The lowest BCUT2D eigenvalue weighted by molar-refractivity contribution is 0.0669. The molecular weight excluding hydrogens is 254 g/mol. The molecule has 1 aliphatic heterocycles. The normalized spacial score (nSPS) is 18.2. The molecule has 1 fully saturated rings. The van der Waals surface area contributed by atoms with Crippen LogP contribution in [0.25, 0.3) is 0 Å². The van der Waals surface area contributed by atoms with E-state index in [9.17, 15) is 0 Å². The van der Waals surface area contributed by atoms with Gasteiger partial charge in [-0.05, 0) is 43.5 Å². The molecule has 0 aromatic heterocycles. The number of ether oxygens (including phenoxy) is 3. The third kappa shape index (κ3) is 4.39. The maximum Gasteiger partial charge on any atom is 0.161 e. The summed E-state index contributed by atoms with van der Waals surface area (Å²) in [5.41, 5.74) is 1.21. The third-order valence-electron chi connectivity index (χ3n) is 3.43. The summed E-state index contributed by atoms with van der Waals surface area (Å²) < 4.78 is 16.8. The molecule has 1 aromatic rings. The van der Waals surface area contributed by atoms with Gasteiger partial charge in [0.15, 0.2) is 11.5 Å². The van der Waals surface area contributed by atoms with Crippen LogP contribution in [0.15, 0.2) is 18.2 Å². The van der Waals surface area contributed by atoms with Gasteiger partial charge < -0.3 is 19.5 Å². The summed E-state index contributed by atoms with van der Waals surface area (Å²) in [6.07, 6.45) is 3.58. The molecule has 0 saturated carbocycles. The van der Waals surface area contributed by atoms with E-state index >= 15 is 0 Å². The molecule has 4 heteroatoms. The van der Waals surface area contributed by atoms with Crippen LogP contribution in [0.5, 0.6) is 11.5 Å². The lowest BCUT2D eigenvalue weighted by Gasteiger charge is -2.15. The Hall–Kier alpha value is -1.26. The van der Waals surface area contributed by atoms with Gasteiger partial charge in [0.05, 0.1) is 13.2 Å². The van der Waals surface area contributed by atoms with Crippen LogP contribution in [-0.2, 0) is 11.3 Å². The van der Waals surface area contributed by atoms with Crippen molar-refractivity contribution in [2.24, 2.45) is 0 Å². The first-order chi connectivity index (χ1) is 9.83. The van der Waals surface area contributed by atoms with Crippen molar-refractivity contribution in [1.82, 2.24) is 5.32 Å². The predicted molar refractivity (Wildman–Crippen MR) is 79.5 cm³/mol. The fourth-order valence-corrected chi connectivity index (χ4v) is 2.31. The van der Waals surface area contributed by atoms with Gasteiger partial charge in [-0.3, -0.25) is 0 Å². The van der Waals surface area contributed by atoms with Crippen molar-refractivity contribution in [2.45, 2.75) is 38.8 Å². The zero-order valence-electron chi connectivity index (χ0n) is 12.5. The first-order valence-corrected chi connectivity index (χ1v) is 7.45. The minimum atomic E-state index is 0.227. The quantitative estimate of drug-likeness (QED) is 0.743. The van der Waals surface area contributed by atoms with Crippen molar-refractivity contribution >= 4 is 0 Å². The van der Waals surface area contributed by atoms with Crippen molar-refractivity contribution in [3.63, 3.8) is 0 Å². The van der Waals surface area contributed by atoms with Gasteiger partial charge in [0, 0.05) is 13.2 Å². The second kappa shape index (κ2) is 8.12. The highest BCUT2D eigenvalue weighted by Gasteiger charge is 2.17. The maximum atomic E-state index is 5.82. The van der Waals surface area contributed by atoms with Crippen LogP contribution in [0, 0.1) is 0 Å². The first kappa shape index (κ1) is 15.1. The van der Waals surface area contributed by atoms with Crippen LogP contribution < -0.4 is 14.8 Å². The number of rotatable bonds is 8. The van der Waals surface area contributed by atoms with Gasteiger partial charge in [0.1, 0.15) is 6.61 Å². The molecule has 20 heavy (non-hydrogen) atoms. The highest BCUT2D eigenvalue weighted by Crippen LogP contribution is 2.28. The molecule has 1 saturated heterocycles. The monoisotopic (exact) mass is 279 g/mol. The number of methoxy groups -OCH3 is 1. The Morgan fingerprint density at radius 1 is 1.35 bits per heavy atom. The van der Waals surface area contributed by atoms with E-state index in [0.29, 0.717) is 6.61 Å². The Kier molecular flexibility index (Phi) is 6.15. The van der Waals surface area contributed by atoms with Crippen LogP contribution in [0.2, 0.25) is 0 Å². The molecule has 0 aliphatic carbocycles. The van der Waals surface area contributed by atoms with E-state index in [4.69, 9.17) is 14.2 Å². The van der Waals surface area contributed by atoms with E-state index in [-0.39, 0.29) is 6.10 Å². The van der Waals surface area contributed by atoms with Crippen LogP contribution >= 0.6 is 0 Å². The average Bonchev–Trinajstić information content (AvgIpc) is 2.99. The van der Waals surface area contributed by atoms with Gasteiger partial charge in [-0.25, -0.2) is 0 Å². The summed E-state index contributed by atoms with van der Waals surface area (Å²) in [5, 5.41) is 3.38. The topological polar surface area (TPSA) is 39.7 Å². The molecule has 1 unspecified atom stereocenters. The second-order valence-electron chi connectivity index (χ2n) is 5.11. The zero-order chi connectivity index (χ0) is 14.2. The summed E-state index contributed by atoms with van der Waals surface area (Å²) in [7, 11) is 1.68. The van der Waals surface area contributed by atoms with Crippen molar-refractivity contribution < 1.29 is 14.2 Å². The Balaban J connectivity index is 1.90. The van der Waals surface area contributed by atoms with E-state index < -0.39 is 0 Å². The molecular formula is C16H25NO3. The van der Waals surface area contributed by atoms with E-state index in [2.05, 4.69) is 18.3 Å². The standard InChI is InChI=1S/C16H25NO3/c1-3-8-17-11-13-6-7-15(16(10-13)18-2)20-12-14-5-4-9-19-14/h6-7,10,14,17H,3-5,8-9,11-12H2,1-2H3. The molecule has 0 radical (unpaired) electrons. The number of hydrogen-bond donors (Lipinski definition) is 1. The van der Waals surface area contributed by atoms with Gasteiger partial charge in [-0.1, -0.05) is 13.0 Å². The molecule has 2 rings (SSSR count). The van der Waals surface area contributed by atoms with Crippen molar-refractivity contribution in [3.05, 3.63) is 23.8 Å². The number of hydrogen-bond acceptors (Lipinski definition) is 4. The molecule has 0 amide bonds. The Morgan fingerprint density at radius 3 is 2.95 bits per heavy atom. The lowest BCUT2D eigenvalue weighted by Crippen LogP contribution is -2.17. The molecule has 0 bridgehead atoms. The first-order valence-electron chi connectivity index (χ1n) is 7.45. The van der Waals surface area contributed by atoms with Crippen LogP contribution in [-0.4, -0.2) is 33.0 Å². The highest BCUT2D eigenvalue weighted by atomic mass is 16.5. The highest BCUT2D eigenvalue weighted by molar-refractivity contribution is 5.43. The van der Waals surface area contributed by atoms with Gasteiger partial charge >= 0.3 is 0 Å². The summed E-state index contributed by atoms with van der Waals surface area (Å²) in [6, 6.07) is 6.10. The van der Waals surface area contributed by atoms with E-state index in [1.54, 1.807) is 7.11 Å². The fraction of sp³-hybridized carbons (Fsp3) is 0.625. The zero-order valence-corrected chi connectivity index (χ0v) is 12.5. The summed E-state index contributed by atoms with van der Waals surface area (Å²) in [6.45, 7) is 5.50. The summed E-state index contributed by atoms with van der Waals surface area (Å²) in [5.74, 6) is 1.58. The van der Waals surface area contributed by atoms with Gasteiger partial charge in [0.25, 0.3) is 0 Å². The Morgan fingerprint density at radius 2 is 2.25 bits per heavy atom. The van der Waals surface area contributed by atoms with Gasteiger partial charge in [0.2, 0.25) is 0 Å². The fourth-order valence-electron chi connectivity index (χ4n) is 2.31. The number of benzene rings is 1. The molecule has 1 aliphatic rings. The lowest BCUT2D eigenvalue weighted by atomic mass is 10.2. The van der Waals surface area contributed by atoms with Crippen molar-refractivity contribution in [1.29, 1.82) is 0 Å². The molecule has 1 atom stereocenters. The molecule has 0 spiro atoms. The van der Waals surface area contributed by atoms with Crippen LogP contribution in [0.1, 0.15) is 31.7 Å². The Labute approximate surface area is 121 Å². The SMILES string of the molecule is CCCNCc1ccc(OCC2CCCO2)c(OC)c1. The van der Waals surface area contributed by atoms with E-state index in [1.165, 1.54) is 5.56 Å². The second-order valence-corrected chi connectivity index (χ2v) is 5.11. The molecule has 4 nitrogen and oxygen atoms in total. The molecule has 1 N–H and O–H groups in total. The average molecular weight is 279 g/mol. The smallest absolute Gasteiger partial charge is 0.161 e. The largest absolute Gasteiger partial charge is 0.493 e. The predicted octanol–water partition coefficient (Wildman–Crippen LogP) is 2.75. The van der Waals surface area contributed by atoms with Crippen molar-refractivity contribution in [3.8, 4) is 11.5 Å². The van der Waals surface area contributed by atoms with Gasteiger partial charge in [-0.15, -0.1) is 0 Å².